The first-order valence-corrected chi connectivity index (χ1v) is 8.03. The number of carbonyl (C=O) groups excluding carboxylic acids is 3. The Hall–Kier alpha value is -1.44. The predicted octanol–water partition coefficient (Wildman–Crippen LogP) is 2.18. The minimum absolute atomic E-state index is 0.0143. The molecule has 2 rings (SSSR count). The summed E-state index contributed by atoms with van der Waals surface area (Å²) < 4.78 is 4.85. The standard InChI is InChI=1S/C13H12Cl2N2O4S/c14-8-1-2-9(15)10(5-8)22-7-12(19)21-6-11(18)17-4-3-16-13(17)20/h1-2,5H,3-4,6-7H2,(H,16,20). The van der Waals surface area contributed by atoms with Crippen LogP contribution < -0.4 is 5.32 Å². The molecular weight excluding hydrogens is 351 g/mol. The number of rotatable bonds is 5. The van der Waals surface area contributed by atoms with Crippen molar-refractivity contribution >= 4 is 52.9 Å². The second-order valence-corrected chi connectivity index (χ2v) is 6.16. The van der Waals surface area contributed by atoms with E-state index in [2.05, 4.69) is 5.32 Å². The number of benzene rings is 1. The molecule has 0 radical (unpaired) electrons. The summed E-state index contributed by atoms with van der Waals surface area (Å²) >= 11 is 13.0. The first-order valence-electron chi connectivity index (χ1n) is 6.29. The highest BCUT2D eigenvalue weighted by atomic mass is 35.5. The third kappa shape index (κ3) is 4.53. The second-order valence-electron chi connectivity index (χ2n) is 4.30. The van der Waals surface area contributed by atoms with Gasteiger partial charge in [-0.2, -0.15) is 0 Å². The van der Waals surface area contributed by atoms with Crippen molar-refractivity contribution in [2.45, 2.75) is 4.90 Å². The van der Waals surface area contributed by atoms with E-state index in [-0.39, 0.29) is 12.3 Å². The molecule has 6 nitrogen and oxygen atoms in total. The molecule has 1 fully saturated rings. The fraction of sp³-hybridized carbons (Fsp3) is 0.308. The summed E-state index contributed by atoms with van der Waals surface area (Å²) in [5.74, 6) is -1.14. The zero-order valence-electron chi connectivity index (χ0n) is 11.3. The Bertz CT molecular complexity index is 612. The number of hydrogen-bond acceptors (Lipinski definition) is 5. The molecule has 1 aliphatic heterocycles. The lowest BCUT2D eigenvalue weighted by atomic mass is 10.4. The van der Waals surface area contributed by atoms with Crippen molar-refractivity contribution < 1.29 is 19.1 Å². The van der Waals surface area contributed by atoms with E-state index >= 15 is 0 Å². The lowest BCUT2D eigenvalue weighted by molar-refractivity contribution is -0.148. The molecule has 118 valence electrons. The van der Waals surface area contributed by atoms with Gasteiger partial charge in [-0.25, -0.2) is 4.79 Å². The molecule has 1 aromatic rings. The number of halogens is 2. The van der Waals surface area contributed by atoms with Crippen LogP contribution in [0.25, 0.3) is 0 Å². The van der Waals surface area contributed by atoms with Gasteiger partial charge in [0.2, 0.25) is 0 Å². The Morgan fingerprint density at radius 3 is 2.82 bits per heavy atom. The summed E-state index contributed by atoms with van der Waals surface area (Å²) in [6.45, 7) is 0.222. The molecule has 1 aliphatic rings. The van der Waals surface area contributed by atoms with Crippen LogP contribution in [-0.2, 0) is 14.3 Å². The average molecular weight is 363 g/mol. The molecular formula is C13H12Cl2N2O4S. The number of thioether (sulfide) groups is 1. The Kier molecular flexibility index (Phi) is 5.93. The molecule has 1 N–H and O–H groups in total. The van der Waals surface area contributed by atoms with Crippen molar-refractivity contribution in [2.24, 2.45) is 0 Å². The maximum atomic E-state index is 11.7. The molecule has 0 spiro atoms. The molecule has 9 heteroatoms. The molecule has 0 saturated carbocycles. The van der Waals surface area contributed by atoms with E-state index in [0.29, 0.717) is 21.5 Å². The van der Waals surface area contributed by atoms with Crippen LogP contribution in [0.3, 0.4) is 0 Å². The number of esters is 1. The first-order chi connectivity index (χ1) is 10.5. The maximum Gasteiger partial charge on any atom is 0.324 e. The van der Waals surface area contributed by atoms with Gasteiger partial charge in [0.15, 0.2) is 6.61 Å². The summed E-state index contributed by atoms with van der Waals surface area (Å²) in [6.07, 6.45) is 0. The molecule has 1 heterocycles. The highest BCUT2D eigenvalue weighted by molar-refractivity contribution is 8.00. The molecule has 0 aliphatic carbocycles. The summed E-state index contributed by atoms with van der Waals surface area (Å²) in [4.78, 5) is 36.2. The molecule has 1 aromatic carbocycles. The number of amides is 3. The van der Waals surface area contributed by atoms with E-state index in [9.17, 15) is 14.4 Å². The molecule has 0 atom stereocenters. The quantitative estimate of drug-likeness (QED) is 0.641. The van der Waals surface area contributed by atoms with Gasteiger partial charge in [-0.05, 0) is 18.2 Å². The largest absolute Gasteiger partial charge is 0.455 e. The number of urea groups is 1. The van der Waals surface area contributed by atoms with Crippen molar-refractivity contribution in [3.8, 4) is 0 Å². The second kappa shape index (κ2) is 7.71. The number of carbonyl (C=O) groups is 3. The summed E-state index contributed by atoms with van der Waals surface area (Å²) in [5.41, 5.74) is 0. The predicted molar refractivity (Wildman–Crippen MR) is 83.3 cm³/mol. The van der Waals surface area contributed by atoms with Gasteiger partial charge >= 0.3 is 12.0 Å². The van der Waals surface area contributed by atoms with Gasteiger partial charge in [-0.1, -0.05) is 23.2 Å². The van der Waals surface area contributed by atoms with Crippen molar-refractivity contribution in [3.63, 3.8) is 0 Å². The van der Waals surface area contributed by atoms with Crippen LogP contribution in [0.4, 0.5) is 4.79 Å². The van der Waals surface area contributed by atoms with Crippen molar-refractivity contribution in [1.29, 1.82) is 0 Å². The van der Waals surface area contributed by atoms with Gasteiger partial charge in [-0.15, -0.1) is 11.8 Å². The van der Waals surface area contributed by atoms with Gasteiger partial charge in [0.1, 0.15) is 0 Å². The lowest BCUT2D eigenvalue weighted by Crippen LogP contribution is -2.37. The Morgan fingerprint density at radius 2 is 2.14 bits per heavy atom. The van der Waals surface area contributed by atoms with Crippen LogP contribution in [0.2, 0.25) is 10.0 Å². The first kappa shape index (κ1) is 16.9. The number of imide groups is 1. The van der Waals surface area contributed by atoms with Crippen LogP contribution in [0.1, 0.15) is 0 Å². The van der Waals surface area contributed by atoms with Gasteiger partial charge in [-0.3, -0.25) is 14.5 Å². The van der Waals surface area contributed by atoms with E-state index in [1.807, 2.05) is 0 Å². The third-order valence-electron chi connectivity index (χ3n) is 2.75. The Balaban J connectivity index is 1.77. The van der Waals surface area contributed by atoms with Crippen LogP contribution in [0.15, 0.2) is 23.1 Å². The number of hydrogen-bond donors (Lipinski definition) is 1. The molecule has 3 amide bonds. The van der Waals surface area contributed by atoms with Gasteiger partial charge in [0, 0.05) is 23.0 Å². The minimum Gasteiger partial charge on any atom is -0.455 e. The van der Waals surface area contributed by atoms with Crippen molar-refractivity contribution in [3.05, 3.63) is 28.2 Å². The number of nitrogens with one attached hydrogen (secondary N) is 1. The molecule has 0 aromatic heterocycles. The molecule has 22 heavy (non-hydrogen) atoms. The van der Waals surface area contributed by atoms with E-state index in [0.717, 1.165) is 16.7 Å². The minimum atomic E-state index is -0.575. The highest BCUT2D eigenvalue weighted by Gasteiger charge is 2.26. The molecule has 0 unspecified atom stereocenters. The fourth-order valence-corrected chi connectivity index (χ4v) is 2.99. The summed E-state index contributed by atoms with van der Waals surface area (Å²) in [7, 11) is 0. The highest BCUT2D eigenvalue weighted by Crippen LogP contribution is 2.29. The van der Waals surface area contributed by atoms with Gasteiger partial charge < -0.3 is 10.1 Å². The zero-order valence-corrected chi connectivity index (χ0v) is 13.6. The Morgan fingerprint density at radius 1 is 1.36 bits per heavy atom. The molecule has 1 saturated heterocycles. The van der Waals surface area contributed by atoms with Crippen LogP contribution in [0, 0.1) is 0 Å². The van der Waals surface area contributed by atoms with Gasteiger partial charge in [0.05, 0.1) is 10.8 Å². The van der Waals surface area contributed by atoms with E-state index in [4.69, 9.17) is 27.9 Å². The van der Waals surface area contributed by atoms with Crippen LogP contribution in [-0.4, -0.2) is 48.3 Å². The topological polar surface area (TPSA) is 75.7 Å². The van der Waals surface area contributed by atoms with E-state index < -0.39 is 24.5 Å². The van der Waals surface area contributed by atoms with Crippen molar-refractivity contribution in [1.82, 2.24) is 10.2 Å². The van der Waals surface area contributed by atoms with E-state index in [1.54, 1.807) is 18.2 Å². The van der Waals surface area contributed by atoms with Crippen molar-refractivity contribution in [2.75, 3.05) is 25.4 Å². The molecule has 0 bridgehead atoms. The number of ether oxygens (including phenoxy) is 1. The lowest BCUT2D eigenvalue weighted by Gasteiger charge is -2.12. The fourth-order valence-electron chi connectivity index (χ4n) is 1.70. The maximum absolute atomic E-state index is 11.7. The SMILES string of the molecule is O=C(CSc1cc(Cl)ccc1Cl)OCC(=O)N1CCNC1=O. The monoisotopic (exact) mass is 362 g/mol. The summed E-state index contributed by atoms with van der Waals surface area (Å²) in [6, 6.07) is 4.45. The smallest absolute Gasteiger partial charge is 0.324 e. The van der Waals surface area contributed by atoms with Gasteiger partial charge in [0.25, 0.3) is 5.91 Å². The summed E-state index contributed by atoms with van der Waals surface area (Å²) in [5, 5.41) is 3.48. The normalized spacial score (nSPS) is 13.9. The average Bonchev–Trinajstić information content (AvgIpc) is 2.92. The third-order valence-corrected chi connectivity index (χ3v) is 4.46. The zero-order chi connectivity index (χ0) is 16.1. The van der Waals surface area contributed by atoms with Crippen LogP contribution >= 0.6 is 35.0 Å². The number of nitrogens with zero attached hydrogens (tertiary/aromatic N) is 1. The van der Waals surface area contributed by atoms with Crippen LogP contribution in [0.5, 0.6) is 0 Å². The van der Waals surface area contributed by atoms with E-state index in [1.165, 1.54) is 0 Å². The Labute approximate surface area is 141 Å².